The lowest BCUT2D eigenvalue weighted by Gasteiger charge is -2.35. The fraction of sp³-hybridized carbons (Fsp3) is 0.600. The minimum atomic E-state index is 0.630. The van der Waals surface area contributed by atoms with E-state index in [0.29, 0.717) is 12.1 Å². The van der Waals surface area contributed by atoms with Gasteiger partial charge in [0.2, 0.25) is 0 Å². The smallest absolute Gasteiger partial charge is 0.147 e. The summed E-state index contributed by atoms with van der Waals surface area (Å²) in [6, 6.07) is 1.26. The van der Waals surface area contributed by atoms with Crippen LogP contribution in [0.15, 0.2) is 18.6 Å². The van der Waals surface area contributed by atoms with Crippen molar-refractivity contribution in [2.75, 3.05) is 18.0 Å². The summed E-state index contributed by atoms with van der Waals surface area (Å²) in [5, 5.41) is 3.46. The van der Waals surface area contributed by atoms with Crippen LogP contribution >= 0.6 is 0 Å². The quantitative estimate of drug-likeness (QED) is 0.696. The zero-order valence-electron chi connectivity index (χ0n) is 8.06. The van der Waals surface area contributed by atoms with Gasteiger partial charge in [0, 0.05) is 37.6 Å². The third-order valence-electron chi connectivity index (χ3n) is 3.19. The normalized spacial score (nSPS) is 30.7. The van der Waals surface area contributed by atoms with Crippen LogP contribution in [0.1, 0.15) is 12.8 Å². The number of hydrogen-bond acceptors (Lipinski definition) is 4. The second-order valence-electron chi connectivity index (χ2n) is 4.01. The molecule has 14 heavy (non-hydrogen) atoms. The molecule has 3 rings (SSSR count). The predicted octanol–water partition coefficient (Wildman–Crippen LogP) is 0.417. The van der Waals surface area contributed by atoms with Crippen molar-refractivity contribution >= 4 is 5.82 Å². The molecule has 2 fully saturated rings. The largest absolute Gasteiger partial charge is 0.347 e. The van der Waals surface area contributed by atoms with E-state index in [1.54, 1.807) is 12.4 Å². The molecule has 74 valence electrons. The molecule has 2 atom stereocenters. The van der Waals surface area contributed by atoms with Crippen LogP contribution in [-0.2, 0) is 0 Å². The van der Waals surface area contributed by atoms with Crippen LogP contribution in [0.5, 0.6) is 0 Å². The molecule has 2 aliphatic rings. The summed E-state index contributed by atoms with van der Waals surface area (Å²) in [7, 11) is 0. The molecule has 1 aromatic rings. The predicted molar refractivity (Wildman–Crippen MR) is 54.2 cm³/mol. The van der Waals surface area contributed by atoms with Gasteiger partial charge in [-0.1, -0.05) is 0 Å². The average Bonchev–Trinajstić information content (AvgIpc) is 2.50. The number of rotatable bonds is 1. The average molecular weight is 190 g/mol. The van der Waals surface area contributed by atoms with E-state index in [1.165, 1.54) is 12.8 Å². The maximum atomic E-state index is 4.38. The Morgan fingerprint density at radius 3 is 2.64 bits per heavy atom. The minimum Gasteiger partial charge on any atom is -0.347 e. The van der Waals surface area contributed by atoms with Gasteiger partial charge in [0.25, 0.3) is 0 Å². The van der Waals surface area contributed by atoms with Crippen LogP contribution in [0.4, 0.5) is 5.82 Å². The number of piperazine rings is 1. The van der Waals surface area contributed by atoms with Crippen molar-refractivity contribution in [2.45, 2.75) is 24.9 Å². The molecule has 1 aromatic heterocycles. The Kier molecular flexibility index (Phi) is 1.87. The molecule has 0 saturated carbocycles. The highest BCUT2D eigenvalue weighted by molar-refractivity contribution is 5.41. The van der Waals surface area contributed by atoms with Crippen molar-refractivity contribution in [3.8, 4) is 0 Å². The lowest BCUT2D eigenvalue weighted by atomic mass is 10.2. The first-order valence-electron chi connectivity index (χ1n) is 5.20. The van der Waals surface area contributed by atoms with Gasteiger partial charge in [0.15, 0.2) is 0 Å². The Hall–Kier alpha value is -1.16. The Balaban J connectivity index is 1.92. The zero-order chi connectivity index (χ0) is 9.38. The van der Waals surface area contributed by atoms with Gasteiger partial charge in [-0.05, 0) is 12.8 Å². The van der Waals surface area contributed by atoms with Gasteiger partial charge in [-0.3, -0.25) is 4.98 Å². The minimum absolute atomic E-state index is 0.630. The molecule has 0 aliphatic carbocycles. The van der Waals surface area contributed by atoms with Crippen molar-refractivity contribution in [1.82, 2.24) is 15.3 Å². The lowest BCUT2D eigenvalue weighted by molar-refractivity contribution is 0.480. The number of anilines is 1. The van der Waals surface area contributed by atoms with Gasteiger partial charge in [0.05, 0.1) is 6.20 Å². The SMILES string of the molecule is c1cnc(N2C3CCC2CNC3)cn1. The standard InChI is InChI=1S/C10H14N4/c1-2-9-6-12-5-8(1)14(9)10-7-11-3-4-13-10/h3-4,7-9,12H,1-2,5-6H2. The van der Waals surface area contributed by atoms with Crippen LogP contribution in [0, 0.1) is 0 Å². The van der Waals surface area contributed by atoms with E-state index >= 15 is 0 Å². The summed E-state index contributed by atoms with van der Waals surface area (Å²) in [5.74, 6) is 1.04. The molecule has 0 radical (unpaired) electrons. The monoisotopic (exact) mass is 190 g/mol. The Morgan fingerprint density at radius 1 is 1.21 bits per heavy atom. The lowest BCUT2D eigenvalue weighted by Crippen LogP contribution is -2.52. The highest BCUT2D eigenvalue weighted by Crippen LogP contribution is 2.30. The number of fused-ring (bicyclic) bond motifs is 2. The molecule has 0 spiro atoms. The van der Waals surface area contributed by atoms with E-state index in [0.717, 1.165) is 18.9 Å². The summed E-state index contributed by atoms with van der Waals surface area (Å²) in [5.41, 5.74) is 0. The maximum absolute atomic E-state index is 4.38. The first-order valence-corrected chi connectivity index (χ1v) is 5.20. The van der Waals surface area contributed by atoms with Gasteiger partial charge in [0.1, 0.15) is 5.82 Å². The van der Waals surface area contributed by atoms with Crippen molar-refractivity contribution in [3.63, 3.8) is 0 Å². The Bertz CT molecular complexity index is 297. The molecular weight excluding hydrogens is 176 g/mol. The molecule has 0 amide bonds. The summed E-state index contributed by atoms with van der Waals surface area (Å²) in [6.07, 6.45) is 7.95. The van der Waals surface area contributed by atoms with Crippen molar-refractivity contribution in [2.24, 2.45) is 0 Å². The molecule has 1 N–H and O–H groups in total. The first kappa shape index (κ1) is 8.17. The fourth-order valence-electron chi connectivity index (χ4n) is 2.58. The molecule has 4 nitrogen and oxygen atoms in total. The van der Waals surface area contributed by atoms with Crippen LogP contribution in [0.2, 0.25) is 0 Å². The van der Waals surface area contributed by atoms with Crippen LogP contribution in [0.25, 0.3) is 0 Å². The van der Waals surface area contributed by atoms with E-state index in [9.17, 15) is 0 Å². The van der Waals surface area contributed by atoms with E-state index in [1.807, 2.05) is 6.20 Å². The van der Waals surface area contributed by atoms with Gasteiger partial charge in [-0.25, -0.2) is 4.98 Å². The zero-order valence-corrected chi connectivity index (χ0v) is 8.06. The van der Waals surface area contributed by atoms with Crippen molar-refractivity contribution in [1.29, 1.82) is 0 Å². The molecule has 0 aromatic carbocycles. The van der Waals surface area contributed by atoms with E-state index in [2.05, 4.69) is 20.2 Å². The summed E-state index contributed by atoms with van der Waals surface area (Å²) in [6.45, 7) is 2.18. The second-order valence-corrected chi connectivity index (χ2v) is 4.01. The third-order valence-corrected chi connectivity index (χ3v) is 3.19. The highest BCUT2D eigenvalue weighted by atomic mass is 15.3. The van der Waals surface area contributed by atoms with E-state index in [4.69, 9.17) is 0 Å². The van der Waals surface area contributed by atoms with Gasteiger partial charge in [-0.2, -0.15) is 0 Å². The molecule has 2 unspecified atom stereocenters. The summed E-state index contributed by atoms with van der Waals surface area (Å²) >= 11 is 0. The summed E-state index contributed by atoms with van der Waals surface area (Å²) in [4.78, 5) is 10.9. The van der Waals surface area contributed by atoms with E-state index in [-0.39, 0.29) is 0 Å². The molecule has 2 saturated heterocycles. The Morgan fingerprint density at radius 2 is 2.00 bits per heavy atom. The number of nitrogens with zero attached hydrogens (tertiary/aromatic N) is 3. The second kappa shape index (κ2) is 3.20. The molecular formula is C10H14N4. The molecule has 2 aliphatic heterocycles. The van der Waals surface area contributed by atoms with Crippen LogP contribution in [0.3, 0.4) is 0 Å². The summed E-state index contributed by atoms with van der Waals surface area (Å²) < 4.78 is 0. The maximum Gasteiger partial charge on any atom is 0.147 e. The Labute approximate surface area is 83.4 Å². The van der Waals surface area contributed by atoms with Gasteiger partial charge in [-0.15, -0.1) is 0 Å². The van der Waals surface area contributed by atoms with Crippen LogP contribution in [-0.4, -0.2) is 35.1 Å². The topological polar surface area (TPSA) is 41.1 Å². The van der Waals surface area contributed by atoms with Gasteiger partial charge >= 0.3 is 0 Å². The highest BCUT2D eigenvalue weighted by Gasteiger charge is 2.37. The van der Waals surface area contributed by atoms with Crippen LogP contribution < -0.4 is 10.2 Å². The van der Waals surface area contributed by atoms with Crippen molar-refractivity contribution < 1.29 is 0 Å². The number of nitrogens with one attached hydrogen (secondary N) is 1. The fourth-order valence-corrected chi connectivity index (χ4v) is 2.58. The van der Waals surface area contributed by atoms with E-state index < -0.39 is 0 Å². The third kappa shape index (κ3) is 1.18. The molecule has 3 heterocycles. The van der Waals surface area contributed by atoms with Crippen molar-refractivity contribution in [3.05, 3.63) is 18.6 Å². The molecule has 4 heteroatoms. The van der Waals surface area contributed by atoms with Gasteiger partial charge < -0.3 is 10.2 Å². The molecule has 2 bridgehead atoms. The number of hydrogen-bond donors (Lipinski definition) is 1. The first-order chi connectivity index (χ1) is 6.95. The number of aromatic nitrogens is 2.